The highest BCUT2D eigenvalue weighted by Crippen LogP contribution is 2.21. The van der Waals surface area contributed by atoms with Gasteiger partial charge in [0.25, 0.3) is 0 Å². The first-order valence-corrected chi connectivity index (χ1v) is 9.15. The molecule has 3 rings (SSSR count). The van der Waals surface area contributed by atoms with Gasteiger partial charge in [-0.1, -0.05) is 29.3 Å². The number of anilines is 2. The molecule has 0 spiro atoms. The van der Waals surface area contributed by atoms with E-state index < -0.39 is 0 Å². The predicted octanol–water partition coefficient (Wildman–Crippen LogP) is 4.14. The van der Waals surface area contributed by atoms with Crippen LogP contribution in [-0.2, 0) is 4.79 Å². The first-order chi connectivity index (χ1) is 12.1. The van der Waals surface area contributed by atoms with Crippen molar-refractivity contribution in [2.75, 3.05) is 42.9 Å². The van der Waals surface area contributed by atoms with Crippen LogP contribution in [0.3, 0.4) is 0 Å². The maximum atomic E-state index is 12.4. The smallest absolute Gasteiger partial charge is 0.224 e. The molecule has 1 saturated heterocycles. The predicted molar refractivity (Wildman–Crippen MR) is 105 cm³/mol. The Kier molecular flexibility index (Phi) is 6.05. The van der Waals surface area contributed by atoms with Gasteiger partial charge in [-0.25, -0.2) is 0 Å². The van der Waals surface area contributed by atoms with Crippen LogP contribution in [0.4, 0.5) is 11.4 Å². The Morgan fingerprint density at radius 1 is 0.960 bits per heavy atom. The molecule has 0 atom stereocenters. The fraction of sp³-hybridized carbons (Fsp3) is 0.316. The average molecular weight is 378 g/mol. The Morgan fingerprint density at radius 3 is 2.36 bits per heavy atom. The number of rotatable bonds is 5. The van der Waals surface area contributed by atoms with Crippen LogP contribution in [0.15, 0.2) is 48.5 Å². The maximum absolute atomic E-state index is 12.4. The van der Waals surface area contributed by atoms with E-state index in [2.05, 4.69) is 16.3 Å². The summed E-state index contributed by atoms with van der Waals surface area (Å²) in [5, 5.41) is 4.70. The Balaban J connectivity index is 1.43. The molecule has 0 aromatic heterocycles. The topological polar surface area (TPSA) is 35.6 Å². The number of halogens is 2. The lowest BCUT2D eigenvalue weighted by Crippen LogP contribution is -2.49. The molecule has 0 bridgehead atoms. The molecule has 1 aliphatic heterocycles. The third-order valence-electron chi connectivity index (χ3n) is 4.32. The first-order valence-electron chi connectivity index (χ1n) is 8.39. The van der Waals surface area contributed by atoms with Crippen LogP contribution in [-0.4, -0.2) is 43.5 Å². The summed E-state index contributed by atoms with van der Waals surface area (Å²) in [6.45, 7) is 3.76. The van der Waals surface area contributed by atoms with E-state index in [4.69, 9.17) is 23.2 Å². The van der Waals surface area contributed by atoms with Crippen molar-refractivity contribution in [3.05, 3.63) is 58.6 Å². The molecule has 6 heteroatoms. The van der Waals surface area contributed by atoms with Crippen molar-refractivity contribution in [3.8, 4) is 0 Å². The van der Waals surface area contributed by atoms with E-state index in [1.165, 1.54) is 0 Å². The van der Waals surface area contributed by atoms with Crippen LogP contribution in [0.5, 0.6) is 0 Å². The summed E-state index contributed by atoms with van der Waals surface area (Å²) in [4.78, 5) is 16.6. The van der Waals surface area contributed by atoms with Gasteiger partial charge in [0, 0.05) is 60.6 Å². The third kappa shape index (κ3) is 5.03. The van der Waals surface area contributed by atoms with Gasteiger partial charge in [-0.15, -0.1) is 0 Å². The molecule has 1 amide bonds. The van der Waals surface area contributed by atoms with Gasteiger partial charge < -0.3 is 15.1 Å². The molecule has 1 N–H and O–H groups in total. The largest absolute Gasteiger partial charge is 0.385 e. The molecule has 1 aliphatic rings. The third-order valence-corrected chi connectivity index (χ3v) is 4.81. The van der Waals surface area contributed by atoms with Gasteiger partial charge in [0.05, 0.1) is 0 Å². The minimum Gasteiger partial charge on any atom is -0.385 e. The number of amides is 1. The summed E-state index contributed by atoms with van der Waals surface area (Å²) in [6.07, 6.45) is 0.486. The molecule has 1 fully saturated rings. The summed E-state index contributed by atoms with van der Waals surface area (Å²) in [7, 11) is 0. The zero-order chi connectivity index (χ0) is 17.6. The van der Waals surface area contributed by atoms with Crippen molar-refractivity contribution >= 4 is 40.5 Å². The van der Waals surface area contributed by atoms with E-state index in [0.29, 0.717) is 18.0 Å². The Labute approximate surface area is 158 Å². The molecule has 1 heterocycles. The van der Waals surface area contributed by atoms with Gasteiger partial charge in [-0.05, 0) is 42.5 Å². The lowest BCUT2D eigenvalue weighted by Gasteiger charge is -2.36. The van der Waals surface area contributed by atoms with E-state index >= 15 is 0 Å². The molecule has 25 heavy (non-hydrogen) atoms. The minimum absolute atomic E-state index is 0.187. The van der Waals surface area contributed by atoms with Crippen molar-refractivity contribution in [1.82, 2.24) is 4.90 Å². The summed E-state index contributed by atoms with van der Waals surface area (Å²) in [6, 6.07) is 15.3. The van der Waals surface area contributed by atoms with E-state index in [1.54, 1.807) is 0 Å². The lowest BCUT2D eigenvalue weighted by molar-refractivity contribution is -0.131. The van der Waals surface area contributed by atoms with Crippen molar-refractivity contribution in [3.63, 3.8) is 0 Å². The van der Waals surface area contributed by atoms with Crippen LogP contribution >= 0.6 is 23.2 Å². The molecule has 2 aromatic rings. The Morgan fingerprint density at radius 2 is 1.68 bits per heavy atom. The number of carbonyl (C=O) groups is 1. The zero-order valence-electron chi connectivity index (χ0n) is 13.9. The molecule has 0 saturated carbocycles. The number of nitrogens with one attached hydrogen (secondary N) is 1. The van der Waals surface area contributed by atoms with Gasteiger partial charge in [-0.2, -0.15) is 0 Å². The van der Waals surface area contributed by atoms with Crippen LogP contribution < -0.4 is 10.2 Å². The number of nitrogens with zero attached hydrogens (tertiary/aromatic N) is 2. The Bertz CT molecular complexity index is 713. The highest BCUT2D eigenvalue weighted by atomic mass is 35.5. The summed E-state index contributed by atoms with van der Waals surface area (Å²) < 4.78 is 0. The fourth-order valence-corrected chi connectivity index (χ4v) is 3.24. The fourth-order valence-electron chi connectivity index (χ4n) is 2.93. The standard InChI is InChI=1S/C19H21Cl2N3O/c20-15-4-6-17(7-5-15)22-9-8-19(25)24-12-10-23(11-13-24)18-3-1-2-16(21)14-18/h1-7,14,22H,8-13H2. The lowest BCUT2D eigenvalue weighted by atomic mass is 10.2. The van der Waals surface area contributed by atoms with E-state index in [9.17, 15) is 4.79 Å². The van der Waals surface area contributed by atoms with Gasteiger partial charge in [0.15, 0.2) is 0 Å². The second kappa shape index (κ2) is 8.45. The van der Waals surface area contributed by atoms with Crippen LogP contribution in [0.1, 0.15) is 6.42 Å². The normalized spacial score (nSPS) is 14.5. The van der Waals surface area contributed by atoms with E-state index in [0.717, 1.165) is 42.6 Å². The molecule has 0 unspecified atom stereocenters. The minimum atomic E-state index is 0.187. The van der Waals surface area contributed by atoms with E-state index in [1.807, 2.05) is 47.4 Å². The monoisotopic (exact) mass is 377 g/mol. The highest BCUT2D eigenvalue weighted by molar-refractivity contribution is 6.31. The molecule has 0 aliphatic carbocycles. The number of carbonyl (C=O) groups excluding carboxylic acids is 1. The van der Waals surface area contributed by atoms with Crippen LogP contribution in [0.2, 0.25) is 10.0 Å². The van der Waals surface area contributed by atoms with Crippen molar-refractivity contribution in [2.45, 2.75) is 6.42 Å². The molecule has 132 valence electrons. The van der Waals surface area contributed by atoms with Crippen molar-refractivity contribution in [2.24, 2.45) is 0 Å². The molecule has 2 aromatic carbocycles. The molecular formula is C19H21Cl2N3O. The summed E-state index contributed by atoms with van der Waals surface area (Å²) in [5.74, 6) is 0.187. The Hall–Kier alpha value is -1.91. The quantitative estimate of drug-likeness (QED) is 0.849. The summed E-state index contributed by atoms with van der Waals surface area (Å²) in [5.41, 5.74) is 2.09. The highest BCUT2D eigenvalue weighted by Gasteiger charge is 2.20. The SMILES string of the molecule is O=C(CCNc1ccc(Cl)cc1)N1CCN(c2cccc(Cl)c2)CC1. The van der Waals surface area contributed by atoms with E-state index in [-0.39, 0.29) is 5.91 Å². The summed E-state index contributed by atoms with van der Waals surface area (Å²) >= 11 is 11.9. The van der Waals surface area contributed by atoms with Gasteiger partial charge in [0.2, 0.25) is 5.91 Å². The number of benzene rings is 2. The number of hydrogen-bond donors (Lipinski definition) is 1. The average Bonchev–Trinajstić information content (AvgIpc) is 2.63. The molecule has 0 radical (unpaired) electrons. The van der Waals surface area contributed by atoms with Crippen LogP contribution in [0.25, 0.3) is 0 Å². The molecule has 4 nitrogen and oxygen atoms in total. The van der Waals surface area contributed by atoms with Gasteiger partial charge >= 0.3 is 0 Å². The van der Waals surface area contributed by atoms with Crippen LogP contribution in [0, 0.1) is 0 Å². The van der Waals surface area contributed by atoms with Gasteiger partial charge in [-0.3, -0.25) is 4.79 Å². The zero-order valence-corrected chi connectivity index (χ0v) is 15.4. The molecular weight excluding hydrogens is 357 g/mol. The first kappa shape index (κ1) is 17.9. The maximum Gasteiger partial charge on any atom is 0.224 e. The van der Waals surface area contributed by atoms with Crippen molar-refractivity contribution < 1.29 is 4.79 Å². The van der Waals surface area contributed by atoms with Crippen molar-refractivity contribution in [1.29, 1.82) is 0 Å². The second-order valence-corrected chi connectivity index (χ2v) is 6.90. The second-order valence-electron chi connectivity index (χ2n) is 6.03. The number of hydrogen-bond acceptors (Lipinski definition) is 3. The van der Waals surface area contributed by atoms with Gasteiger partial charge in [0.1, 0.15) is 0 Å². The number of piperazine rings is 1.